The summed E-state index contributed by atoms with van der Waals surface area (Å²) in [5, 5.41) is 9.67. The van der Waals surface area contributed by atoms with E-state index in [0.29, 0.717) is 24.7 Å². The molecule has 0 rings (SSSR count). The van der Waals surface area contributed by atoms with Gasteiger partial charge in [-0.25, -0.2) is 0 Å². The van der Waals surface area contributed by atoms with Crippen LogP contribution in [0.4, 0.5) is 0 Å². The highest BCUT2D eigenvalue weighted by Crippen LogP contribution is 2.25. The van der Waals surface area contributed by atoms with Crippen LogP contribution in [0.3, 0.4) is 0 Å². The first-order valence-corrected chi connectivity index (χ1v) is 23.7. The summed E-state index contributed by atoms with van der Waals surface area (Å²) in [4.78, 5) is 27.9. The quantitative estimate of drug-likeness (QED) is 0.0497. The highest BCUT2D eigenvalue weighted by Gasteiger charge is 2.18. The molecule has 0 saturated heterocycles. The van der Waals surface area contributed by atoms with E-state index in [1.165, 1.54) is 141 Å². The smallest absolute Gasteiger partial charge is 0.305 e. The lowest BCUT2D eigenvalue weighted by atomic mass is 9.95. The molecule has 0 aromatic heterocycles. The summed E-state index contributed by atoms with van der Waals surface area (Å²) in [5.74, 6) is 1.25. The van der Waals surface area contributed by atoms with Gasteiger partial charge in [0.1, 0.15) is 0 Å². The lowest BCUT2D eigenvalue weighted by Crippen LogP contribution is -2.27. The van der Waals surface area contributed by atoms with Crippen LogP contribution >= 0.6 is 11.8 Å². The minimum atomic E-state index is -0.0148. The zero-order chi connectivity index (χ0) is 37.3. The molecule has 0 aliphatic carbocycles. The average Bonchev–Trinajstić information content (AvgIpc) is 3.13. The Labute approximate surface area is 323 Å². The molecule has 0 aliphatic heterocycles. The molecule has 0 aliphatic rings. The van der Waals surface area contributed by atoms with Gasteiger partial charge >= 0.3 is 5.97 Å². The van der Waals surface area contributed by atoms with E-state index in [1.54, 1.807) is 11.8 Å². The Morgan fingerprint density at radius 3 is 1.43 bits per heavy atom. The molecule has 6 heteroatoms. The second kappa shape index (κ2) is 42.2. The van der Waals surface area contributed by atoms with Crippen LogP contribution in [0, 0.1) is 5.92 Å². The van der Waals surface area contributed by atoms with Gasteiger partial charge in [-0.1, -0.05) is 174 Å². The zero-order valence-electron chi connectivity index (χ0n) is 34.7. The summed E-state index contributed by atoms with van der Waals surface area (Å²) >= 11 is 1.64. The van der Waals surface area contributed by atoms with E-state index in [1.807, 2.05) is 0 Å². The highest BCUT2D eigenvalue weighted by atomic mass is 32.2. The normalized spacial score (nSPS) is 11.6. The average molecular weight is 740 g/mol. The molecule has 0 amide bonds. The number of hydrogen-bond acceptors (Lipinski definition) is 6. The minimum Gasteiger partial charge on any atom is -0.466 e. The number of rotatable bonds is 42. The molecule has 0 saturated carbocycles. The molecule has 0 radical (unpaired) electrons. The molecule has 0 aromatic rings. The molecule has 0 fully saturated rings. The standard InChI is InChI=1S/C45H89NO4S/c1-4-7-10-13-16-19-27-36-44(48)50-41-32-22-20-28-37-46(39-30-24-31-40-47)38-29-21-23-33-42-51-45(49)43(34-25-17-14-11-8-5-2)35-26-18-15-12-9-6-3/h43,47H,4-42H2,1-3H3. The third-order valence-corrected chi connectivity index (χ3v) is 11.6. The number of esters is 1. The first kappa shape index (κ1) is 50.4. The number of carbonyl (C=O) groups is 2. The van der Waals surface area contributed by atoms with Gasteiger partial charge in [0.15, 0.2) is 5.12 Å². The fourth-order valence-corrected chi connectivity index (χ4v) is 8.06. The maximum absolute atomic E-state index is 13.2. The van der Waals surface area contributed by atoms with Crippen LogP contribution in [0.25, 0.3) is 0 Å². The largest absolute Gasteiger partial charge is 0.466 e. The molecule has 0 heterocycles. The van der Waals surface area contributed by atoms with Gasteiger partial charge in [0.2, 0.25) is 0 Å². The molecular formula is C45H89NO4S. The number of thioether (sulfide) groups is 1. The third kappa shape index (κ3) is 37.5. The van der Waals surface area contributed by atoms with Crippen molar-refractivity contribution in [2.24, 2.45) is 5.92 Å². The number of aliphatic hydroxyl groups is 1. The van der Waals surface area contributed by atoms with E-state index >= 15 is 0 Å². The van der Waals surface area contributed by atoms with E-state index < -0.39 is 0 Å². The summed E-state index contributed by atoms with van der Waals surface area (Å²) in [5.41, 5.74) is 0. The van der Waals surface area contributed by atoms with Crippen molar-refractivity contribution in [2.75, 3.05) is 38.6 Å². The monoisotopic (exact) mass is 740 g/mol. The van der Waals surface area contributed by atoms with Crippen LogP contribution in [-0.2, 0) is 14.3 Å². The van der Waals surface area contributed by atoms with E-state index in [2.05, 4.69) is 25.7 Å². The van der Waals surface area contributed by atoms with Crippen molar-refractivity contribution in [1.82, 2.24) is 4.90 Å². The number of aliphatic hydroxyl groups excluding tert-OH is 1. The number of hydrogen-bond donors (Lipinski definition) is 1. The lowest BCUT2D eigenvalue weighted by molar-refractivity contribution is -0.143. The molecule has 0 bridgehead atoms. The zero-order valence-corrected chi connectivity index (χ0v) is 35.5. The molecule has 51 heavy (non-hydrogen) atoms. The third-order valence-electron chi connectivity index (χ3n) is 10.5. The molecule has 1 N–H and O–H groups in total. The lowest BCUT2D eigenvalue weighted by Gasteiger charge is -2.22. The van der Waals surface area contributed by atoms with Gasteiger partial charge in [-0.2, -0.15) is 0 Å². The fourth-order valence-electron chi connectivity index (χ4n) is 7.04. The van der Waals surface area contributed by atoms with Crippen LogP contribution < -0.4 is 0 Å². The molecule has 0 atom stereocenters. The maximum Gasteiger partial charge on any atom is 0.305 e. The predicted molar refractivity (Wildman–Crippen MR) is 225 cm³/mol. The summed E-state index contributed by atoms with van der Waals surface area (Å²) in [6.45, 7) is 11.1. The number of carbonyl (C=O) groups excluding carboxylic acids is 2. The minimum absolute atomic E-state index is 0.0148. The Morgan fingerprint density at radius 2 is 0.922 bits per heavy atom. The SMILES string of the molecule is CCCCCCCCCC(=O)OCCCCCCN(CCCCCO)CCCCCCSC(=O)C(CCCCCCCC)CCCCCCCC. The van der Waals surface area contributed by atoms with Crippen LogP contribution in [0.2, 0.25) is 0 Å². The summed E-state index contributed by atoms with van der Waals surface area (Å²) in [6.07, 6.45) is 39.5. The van der Waals surface area contributed by atoms with Crippen molar-refractivity contribution in [3.05, 3.63) is 0 Å². The number of nitrogens with zero attached hydrogens (tertiary/aromatic N) is 1. The Morgan fingerprint density at radius 1 is 0.510 bits per heavy atom. The van der Waals surface area contributed by atoms with Gasteiger partial charge in [0, 0.05) is 24.7 Å². The van der Waals surface area contributed by atoms with Gasteiger partial charge in [-0.3, -0.25) is 9.59 Å². The second-order valence-corrected chi connectivity index (χ2v) is 16.6. The van der Waals surface area contributed by atoms with Gasteiger partial charge in [0.05, 0.1) is 6.61 Å². The molecule has 304 valence electrons. The van der Waals surface area contributed by atoms with Gasteiger partial charge in [-0.15, -0.1) is 0 Å². The molecular weight excluding hydrogens is 651 g/mol. The van der Waals surface area contributed by atoms with Gasteiger partial charge < -0.3 is 14.7 Å². The van der Waals surface area contributed by atoms with Crippen LogP contribution in [0.15, 0.2) is 0 Å². The van der Waals surface area contributed by atoms with Crippen molar-refractivity contribution in [1.29, 1.82) is 0 Å². The van der Waals surface area contributed by atoms with Crippen molar-refractivity contribution in [3.8, 4) is 0 Å². The first-order chi connectivity index (χ1) is 25.1. The van der Waals surface area contributed by atoms with Crippen LogP contribution in [0.1, 0.15) is 233 Å². The number of unbranched alkanes of at least 4 members (excludes halogenated alkanes) is 24. The van der Waals surface area contributed by atoms with E-state index in [0.717, 1.165) is 89.6 Å². The van der Waals surface area contributed by atoms with E-state index in [4.69, 9.17) is 4.74 Å². The Bertz CT molecular complexity index is 704. The van der Waals surface area contributed by atoms with Gasteiger partial charge in [-0.05, 0) is 83.8 Å². The Balaban J connectivity index is 4.21. The van der Waals surface area contributed by atoms with Crippen molar-refractivity contribution < 1.29 is 19.4 Å². The maximum atomic E-state index is 13.2. The van der Waals surface area contributed by atoms with E-state index in [-0.39, 0.29) is 11.9 Å². The summed E-state index contributed by atoms with van der Waals surface area (Å²) < 4.78 is 5.48. The van der Waals surface area contributed by atoms with Gasteiger partial charge in [0.25, 0.3) is 0 Å². The summed E-state index contributed by atoms with van der Waals surface area (Å²) in [7, 11) is 0. The Kier molecular flexibility index (Phi) is 41.7. The van der Waals surface area contributed by atoms with Crippen LogP contribution in [0.5, 0.6) is 0 Å². The molecule has 0 aromatic carbocycles. The molecule has 0 spiro atoms. The van der Waals surface area contributed by atoms with Crippen LogP contribution in [-0.4, -0.2) is 59.7 Å². The Hall–Kier alpha value is -0.590. The topological polar surface area (TPSA) is 66.8 Å². The molecule has 0 unspecified atom stereocenters. The first-order valence-electron chi connectivity index (χ1n) is 22.7. The highest BCUT2D eigenvalue weighted by molar-refractivity contribution is 8.13. The van der Waals surface area contributed by atoms with E-state index in [9.17, 15) is 14.7 Å². The van der Waals surface area contributed by atoms with Crippen molar-refractivity contribution in [3.63, 3.8) is 0 Å². The summed E-state index contributed by atoms with van der Waals surface area (Å²) in [6, 6.07) is 0. The van der Waals surface area contributed by atoms with Crippen molar-refractivity contribution in [2.45, 2.75) is 233 Å². The predicted octanol–water partition coefficient (Wildman–Crippen LogP) is 13.6. The fraction of sp³-hybridized carbons (Fsp3) is 0.956. The second-order valence-electron chi connectivity index (χ2n) is 15.5. The van der Waals surface area contributed by atoms with Crippen molar-refractivity contribution >= 4 is 22.8 Å². The molecule has 5 nitrogen and oxygen atoms in total. The number of ether oxygens (including phenoxy) is 1.